The van der Waals surface area contributed by atoms with Gasteiger partial charge in [-0.05, 0) is 35.0 Å². The van der Waals surface area contributed by atoms with Gasteiger partial charge in [0.1, 0.15) is 5.69 Å². The second-order valence-corrected chi connectivity index (χ2v) is 6.51. The zero-order valence-corrected chi connectivity index (χ0v) is 16.0. The first-order chi connectivity index (χ1) is 13.9. The van der Waals surface area contributed by atoms with Crippen molar-refractivity contribution in [1.29, 1.82) is 0 Å². The molecule has 0 aliphatic heterocycles. The largest absolute Gasteiger partial charge is 0.360 e. The first-order valence-electron chi connectivity index (χ1n) is 8.89. The van der Waals surface area contributed by atoms with Gasteiger partial charge in [0.05, 0.1) is 11.5 Å². The molecule has 8 nitrogen and oxygen atoms in total. The van der Waals surface area contributed by atoms with Crippen molar-refractivity contribution in [1.82, 2.24) is 5.32 Å². The van der Waals surface area contributed by atoms with Gasteiger partial charge in [0, 0.05) is 31.4 Å². The molecule has 0 aromatic heterocycles. The second kappa shape index (κ2) is 8.39. The number of nitrogens with zero attached hydrogens (tertiary/aromatic N) is 2. The fourth-order valence-electron chi connectivity index (χ4n) is 2.98. The molecule has 0 saturated carbocycles. The van der Waals surface area contributed by atoms with E-state index in [0.717, 1.165) is 10.8 Å². The number of amides is 2. The highest BCUT2D eigenvalue weighted by Gasteiger charge is 2.21. The molecule has 2 amide bonds. The van der Waals surface area contributed by atoms with Crippen molar-refractivity contribution in [3.8, 4) is 0 Å². The van der Waals surface area contributed by atoms with Gasteiger partial charge in [-0.3, -0.25) is 19.7 Å². The van der Waals surface area contributed by atoms with Crippen LogP contribution in [0.25, 0.3) is 10.8 Å². The zero-order chi connectivity index (χ0) is 21.0. The van der Waals surface area contributed by atoms with Gasteiger partial charge in [-0.2, -0.15) is 0 Å². The molecule has 0 heterocycles. The maximum Gasteiger partial charge on any atom is 0.293 e. The summed E-state index contributed by atoms with van der Waals surface area (Å²) in [7, 11) is 3.07. The van der Waals surface area contributed by atoms with Crippen molar-refractivity contribution in [3.05, 3.63) is 76.3 Å². The lowest BCUT2D eigenvalue weighted by atomic mass is 10.1. The number of hydrogen-bond donors (Lipinski definition) is 2. The number of benzene rings is 3. The van der Waals surface area contributed by atoms with Crippen molar-refractivity contribution < 1.29 is 14.5 Å². The molecule has 0 unspecified atom stereocenters. The third kappa shape index (κ3) is 4.49. The van der Waals surface area contributed by atoms with E-state index in [1.165, 1.54) is 30.1 Å². The Morgan fingerprint density at radius 2 is 1.76 bits per heavy atom. The second-order valence-electron chi connectivity index (χ2n) is 6.51. The Hall–Kier alpha value is -3.94. The molecule has 3 rings (SSSR count). The standard InChI is InChI=1S/C21H20N4O4/c1-22-20(26)13-24(2)18-10-8-16(12-19(18)25(28)29)21(27)23-17-9-7-14-5-3-4-6-15(14)11-17/h3-12H,13H2,1-2H3,(H,22,26)(H,23,27). The molecule has 3 aromatic rings. The first kappa shape index (κ1) is 19.8. The molecular formula is C21H20N4O4. The summed E-state index contributed by atoms with van der Waals surface area (Å²) in [6.45, 7) is -0.0417. The Morgan fingerprint density at radius 3 is 2.45 bits per heavy atom. The van der Waals surface area contributed by atoms with Crippen LogP contribution in [0.2, 0.25) is 0 Å². The topological polar surface area (TPSA) is 105 Å². The fraction of sp³-hybridized carbons (Fsp3) is 0.143. The lowest BCUT2D eigenvalue weighted by molar-refractivity contribution is -0.384. The number of rotatable bonds is 6. The number of carbonyl (C=O) groups excluding carboxylic acids is 2. The van der Waals surface area contributed by atoms with E-state index in [1.54, 1.807) is 13.1 Å². The van der Waals surface area contributed by atoms with E-state index in [4.69, 9.17) is 0 Å². The average molecular weight is 392 g/mol. The molecule has 148 valence electrons. The number of likely N-dealkylation sites (N-methyl/N-ethyl adjacent to an activating group) is 2. The van der Waals surface area contributed by atoms with Gasteiger partial charge in [0.15, 0.2) is 0 Å². The molecule has 0 spiro atoms. The van der Waals surface area contributed by atoms with Crippen LogP contribution in [0.1, 0.15) is 10.4 Å². The predicted octanol–water partition coefficient (Wildman–Crippen LogP) is 3.18. The van der Waals surface area contributed by atoms with Gasteiger partial charge in [0.2, 0.25) is 5.91 Å². The third-order valence-electron chi connectivity index (χ3n) is 4.51. The summed E-state index contributed by atoms with van der Waals surface area (Å²) < 4.78 is 0. The summed E-state index contributed by atoms with van der Waals surface area (Å²) in [4.78, 5) is 36.6. The lowest BCUT2D eigenvalue weighted by Crippen LogP contribution is -2.33. The van der Waals surface area contributed by atoms with E-state index in [1.807, 2.05) is 36.4 Å². The van der Waals surface area contributed by atoms with Crippen LogP contribution < -0.4 is 15.5 Å². The van der Waals surface area contributed by atoms with Crippen LogP contribution >= 0.6 is 0 Å². The van der Waals surface area contributed by atoms with E-state index in [9.17, 15) is 19.7 Å². The highest BCUT2D eigenvalue weighted by atomic mass is 16.6. The molecule has 0 fully saturated rings. The molecule has 0 atom stereocenters. The van der Waals surface area contributed by atoms with Crippen molar-refractivity contribution in [2.75, 3.05) is 30.9 Å². The Bertz CT molecular complexity index is 1100. The molecule has 0 aliphatic rings. The number of hydrogen-bond acceptors (Lipinski definition) is 5. The first-order valence-corrected chi connectivity index (χ1v) is 8.89. The van der Waals surface area contributed by atoms with Crippen LogP contribution in [-0.2, 0) is 4.79 Å². The van der Waals surface area contributed by atoms with Crippen molar-refractivity contribution in [2.24, 2.45) is 0 Å². The number of anilines is 2. The molecule has 8 heteroatoms. The number of nitro groups is 1. The van der Waals surface area contributed by atoms with Crippen LogP contribution in [0.5, 0.6) is 0 Å². The van der Waals surface area contributed by atoms with E-state index in [0.29, 0.717) is 5.69 Å². The molecule has 0 saturated heterocycles. The molecule has 0 bridgehead atoms. The van der Waals surface area contributed by atoms with Crippen LogP contribution in [0.15, 0.2) is 60.7 Å². The highest BCUT2D eigenvalue weighted by molar-refractivity contribution is 6.06. The zero-order valence-electron chi connectivity index (χ0n) is 16.0. The van der Waals surface area contributed by atoms with Gasteiger partial charge >= 0.3 is 0 Å². The molecular weight excluding hydrogens is 372 g/mol. The minimum atomic E-state index is -0.567. The fourth-order valence-corrected chi connectivity index (χ4v) is 2.98. The summed E-state index contributed by atoms with van der Waals surface area (Å²) in [5.74, 6) is -0.733. The highest BCUT2D eigenvalue weighted by Crippen LogP contribution is 2.29. The maximum atomic E-state index is 12.6. The number of fused-ring (bicyclic) bond motifs is 1. The maximum absolute atomic E-state index is 12.6. The predicted molar refractivity (Wildman–Crippen MR) is 112 cm³/mol. The average Bonchev–Trinajstić information content (AvgIpc) is 2.72. The quantitative estimate of drug-likeness (QED) is 0.495. The monoisotopic (exact) mass is 392 g/mol. The van der Waals surface area contributed by atoms with Crippen molar-refractivity contribution in [2.45, 2.75) is 0 Å². The SMILES string of the molecule is CNC(=O)CN(C)c1ccc(C(=O)Nc2ccc3ccccc3c2)cc1[N+](=O)[O-]. The van der Waals surface area contributed by atoms with Crippen LogP contribution in [0, 0.1) is 10.1 Å². The van der Waals surface area contributed by atoms with Gasteiger partial charge in [0.25, 0.3) is 11.6 Å². The summed E-state index contributed by atoms with van der Waals surface area (Å²) in [6.07, 6.45) is 0. The summed E-state index contributed by atoms with van der Waals surface area (Å²) in [5.41, 5.74) is 0.752. The number of carbonyl (C=O) groups is 2. The normalized spacial score (nSPS) is 10.4. The summed E-state index contributed by atoms with van der Waals surface area (Å²) in [6, 6.07) is 17.4. The Morgan fingerprint density at radius 1 is 1.03 bits per heavy atom. The third-order valence-corrected chi connectivity index (χ3v) is 4.51. The lowest BCUT2D eigenvalue weighted by Gasteiger charge is -2.18. The number of nitro benzene ring substituents is 1. The van der Waals surface area contributed by atoms with E-state index < -0.39 is 10.8 Å². The van der Waals surface area contributed by atoms with Gasteiger partial charge in [-0.15, -0.1) is 0 Å². The summed E-state index contributed by atoms with van der Waals surface area (Å²) >= 11 is 0. The van der Waals surface area contributed by atoms with Crippen LogP contribution in [-0.4, -0.2) is 37.4 Å². The van der Waals surface area contributed by atoms with Crippen molar-refractivity contribution in [3.63, 3.8) is 0 Å². The Kier molecular flexibility index (Phi) is 5.73. The number of nitrogens with one attached hydrogen (secondary N) is 2. The van der Waals surface area contributed by atoms with Gasteiger partial charge in [-0.25, -0.2) is 0 Å². The van der Waals surface area contributed by atoms with Crippen LogP contribution in [0.3, 0.4) is 0 Å². The molecule has 0 radical (unpaired) electrons. The van der Waals surface area contributed by atoms with Gasteiger partial charge < -0.3 is 15.5 Å². The molecule has 3 aromatic carbocycles. The van der Waals surface area contributed by atoms with Crippen LogP contribution in [0.4, 0.5) is 17.1 Å². The van der Waals surface area contributed by atoms with E-state index in [-0.39, 0.29) is 29.4 Å². The Labute approximate surface area is 167 Å². The molecule has 2 N–H and O–H groups in total. The summed E-state index contributed by atoms with van der Waals surface area (Å²) in [5, 5.41) is 18.8. The van der Waals surface area contributed by atoms with Gasteiger partial charge in [-0.1, -0.05) is 30.3 Å². The van der Waals surface area contributed by atoms with E-state index >= 15 is 0 Å². The molecule has 29 heavy (non-hydrogen) atoms. The van der Waals surface area contributed by atoms with E-state index in [2.05, 4.69) is 10.6 Å². The smallest absolute Gasteiger partial charge is 0.293 e. The molecule has 0 aliphatic carbocycles. The Balaban J connectivity index is 1.85. The minimum Gasteiger partial charge on any atom is -0.360 e. The van der Waals surface area contributed by atoms with Crippen molar-refractivity contribution >= 4 is 39.6 Å². The minimum absolute atomic E-state index is 0.0417.